The predicted octanol–water partition coefficient (Wildman–Crippen LogP) is 0.947. The zero-order valence-corrected chi connectivity index (χ0v) is 9.58. The molecule has 3 N–H and O–H groups in total. The largest absolute Gasteiger partial charge is 0.369 e. The Hall–Kier alpha value is -1.06. The number of carbonyl (C=O) groups excluding carboxylic acids is 2. The van der Waals surface area contributed by atoms with Crippen LogP contribution in [0.15, 0.2) is 0 Å². The second-order valence-electron chi connectivity index (χ2n) is 5.04. The summed E-state index contributed by atoms with van der Waals surface area (Å²) in [6.07, 6.45) is 7.02. The van der Waals surface area contributed by atoms with E-state index < -0.39 is 0 Å². The van der Waals surface area contributed by atoms with Gasteiger partial charge < -0.3 is 11.1 Å². The highest BCUT2D eigenvalue weighted by Crippen LogP contribution is 2.28. The van der Waals surface area contributed by atoms with Crippen molar-refractivity contribution in [3.63, 3.8) is 0 Å². The fraction of sp³-hybridized carbons (Fsp3) is 0.833. The van der Waals surface area contributed by atoms with Crippen LogP contribution in [0.5, 0.6) is 0 Å². The van der Waals surface area contributed by atoms with Crippen molar-refractivity contribution < 1.29 is 9.59 Å². The molecule has 4 heteroatoms. The highest BCUT2D eigenvalue weighted by Gasteiger charge is 2.34. The lowest BCUT2D eigenvalue weighted by atomic mass is 10.0. The maximum absolute atomic E-state index is 11.9. The van der Waals surface area contributed by atoms with Crippen LogP contribution >= 0.6 is 0 Å². The summed E-state index contributed by atoms with van der Waals surface area (Å²) in [5, 5.41) is 3.01. The number of nitrogens with two attached hydrogens (primary N) is 1. The van der Waals surface area contributed by atoms with Crippen LogP contribution in [0.2, 0.25) is 0 Å². The molecular formula is C12H20N2O2. The molecule has 4 nitrogen and oxygen atoms in total. The minimum atomic E-state index is -0.269. The number of carbonyl (C=O) groups is 2. The van der Waals surface area contributed by atoms with E-state index in [-0.39, 0.29) is 29.7 Å². The summed E-state index contributed by atoms with van der Waals surface area (Å²) in [6.45, 7) is 0. The van der Waals surface area contributed by atoms with Crippen molar-refractivity contribution in [2.24, 2.45) is 17.6 Å². The summed E-state index contributed by atoms with van der Waals surface area (Å²) in [5.41, 5.74) is 5.33. The van der Waals surface area contributed by atoms with E-state index in [0.29, 0.717) is 0 Å². The van der Waals surface area contributed by atoms with Gasteiger partial charge in [0.25, 0.3) is 0 Å². The average molecular weight is 224 g/mol. The number of hydrogen-bond acceptors (Lipinski definition) is 2. The van der Waals surface area contributed by atoms with Crippen LogP contribution in [-0.4, -0.2) is 17.9 Å². The van der Waals surface area contributed by atoms with Gasteiger partial charge in [-0.15, -0.1) is 0 Å². The van der Waals surface area contributed by atoms with Crippen LogP contribution in [0.1, 0.15) is 44.9 Å². The maximum atomic E-state index is 11.9. The highest BCUT2D eigenvalue weighted by molar-refractivity contribution is 5.82. The molecule has 2 saturated carbocycles. The number of amides is 2. The maximum Gasteiger partial charge on any atom is 0.223 e. The van der Waals surface area contributed by atoms with Gasteiger partial charge in [0, 0.05) is 12.0 Å². The predicted molar refractivity (Wildman–Crippen MR) is 60.4 cm³/mol. The van der Waals surface area contributed by atoms with Crippen LogP contribution in [0.4, 0.5) is 0 Å². The lowest BCUT2D eigenvalue weighted by Crippen LogP contribution is -2.44. The Bertz CT molecular complexity index is 285. The molecule has 0 aromatic rings. The molecule has 0 saturated heterocycles. The normalized spacial score (nSPS) is 30.5. The SMILES string of the molecule is NC(=O)C1CCC[C@@H]1NC(=O)C1CCCC1. The van der Waals surface area contributed by atoms with Crippen LogP contribution in [0, 0.1) is 11.8 Å². The minimum absolute atomic E-state index is 0.00870. The Balaban J connectivity index is 1.88. The Kier molecular flexibility index (Phi) is 3.46. The lowest BCUT2D eigenvalue weighted by Gasteiger charge is -2.20. The number of hydrogen-bond donors (Lipinski definition) is 2. The molecule has 2 fully saturated rings. The van der Waals surface area contributed by atoms with Crippen LogP contribution in [-0.2, 0) is 9.59 Å². The van der Waals surface area contributed by atoms with Gasteiger partial charge in [-0.2, -0.15) is 0 Å². The Morgan fingerprint density at radius 2 is 1.69 bits per heavy atom. The summed E-state index contributed by atoms with van der Waals surface area (Å²) in [5.74, 6) is -0.107. The van der Waals surface area contributed by atoms with E-state index in [4.69, 9.17) is 5.73 Å². The van der Waals surface area contributed by atoms with Gasteiger partial charge >= 0.3 is 0 Å². The van der Waals surface area contributed by atoms with E-state index in [9.17, 15) is 9.59 Å². The highest BCUT2D eigenvalue weighted by atomic mass is 16.2. The van der Waals surface area contributed by atoms with Gasteiger partial charge in [-0.1, -0.05) is 19.3 Å². The quantitative estimate of drug-likeness (QED) is 0.749. The first-order valence-corrected chi connectivity index (χ1v) is 6.28. The van der Waals surface area contributed by atoms with Gasteiger partial charge in [0.1, 0.15) is 0 Å². The molecule has 16 heavy (non-hydrogen) atoms. The smallest absolute Gasteiger partial charge is 0.223 e. The third-order valence-corrected chi connectivity index (χ3v) is 3.94. The molecule has 2 rings (SSSR count). The van der Waals surface area contributed by atoms with Crippen molar-refractivity contribution in [1.29, 1.82) is 0 Å². The summed E-state index contributed by atoms with van der Waals surface area (Å²) < 4.78 is 0. The van der Waals surface area contributed by atoms with E-state index in [1.807, 2.05) is 0 Å². The number of primary amides is 1. The summed E-state index contributed by atoms with van der Waals surface area (Å²) in [7, 11) is 0. The summed E-state index contributed by atoms with van der Waals surface area (Å²) >= 11 is 0. The second kappa shape index (κ2) is 4.85. The van der Waals surface area contributed by atoms with Gasteiger partial charge in [-0.05, 0) is 25.7 Å². The molecule has 0 heterocycles. The van der Waals surface area contributed by atoms with Crippen LogP contribution < -0.4 is 11.1 Å². The topological polar surface area (TPSA) is 72.2 Å². The first kappa shape index (κ1) is 11.4. The minimum Gasteiger partial charge on any atom is -0.369 e. The molecule has 0 aromatic carbocycles. The number of rotatable bonds is 3. The second-order valence-corrected chi connectivity index (χ2v) is 5.04. The van der Waals surface area contributed by atoms with Gasteiger partial charge in [0.2, 0.25) is 11.8 Å². The van der Waals surface area contributed by atoms with E-state index in [1.165, 1.54) is 0 Å². The Morgan fingerprint density at radius 3 is 2.31 bits per heavy atom. The molecule has 90 valence electrons. The van der Waals surface area contributed by atoms with Gasteiger partial charge in [0.15, 0.2) is 0 Å². The molecular weight excluding hydrogens is 204 g/mol. The van der Waals surface area contributed by atoms with E-state index in [0.717, 1.165) is 44.9 Å². The van der Waals surface area contributed by atoms with Crippen molar-refractivity contribution in [3.05, 3.63) is 0 Å². The molecule has 1 unspecified atom stereocenters. The van der Waals surface area contributed by atoms with Crippen molar-refractivity contribution in [3.8, 4) is 0 Å². The lowest BCUT2D eigenvalue weighted by molar-refractivity contribution is -0.127. The summed E-state index contributed by atoms with van der Waals surface area (Å²) in [6, 6.07) is -0.00870. The average Bonchev–Trinajstić information content (AvgIpc) is 2.86. The third-order valence-electron chi connectivity index (χ3n) is 3.94. The van der Waals surface area contributed by atoms with Crippen molar-refractivity contribution in [1.82, 2.24) is 5.32 Å². The molecule has 2 aliphatic carbocycles. The molecule has 0 radical (unpaired) electrons. The Morgan fingerprint density at radius 1 is 1.00 bits per heavy atom. The Labute approximate surface area is 96.0 Å². The standard InChI is InChI=1S/C12H20N2O2/c13-11(15)9-6-3-7-10(9)14-12(16)8-4-1-2-5-8/h8-10H,1-7H2,(H2,13,15)(H,14,16)/t9?,10-/m0/s1. The zero-order valence-electron chi connectivity index (χ0n) is 9.58. The van der Waals surface area contributed by atoms with Crippen LogP contribution in [0.3, 0.4) is 0 Å². The fourth-order valence-electron chi connectivity index (χ4n) is 2.96. The van der Waals surface area contributed by atoms with E-state index in [2.05, 4.69) is 5.32 Å². The fourth-order valence-corrected chi connectivity index (χ4v) is 2.96. The molecule has 2 amide bonds. The van der Waals surface area contributed by atoms with Crippen molar-refractivity contribution in [2.45, 2.75) is 51.0 Å². The molecule has 0 spiro atoms. The molecule has 0 aromatic heterocycles. The monoisotopic (exact) mass is 224 g/mol. The van der Waals surface area contributed by atoms with Gasteiger partial charge in [-0.3, -0.25) is 9.59 Å². The third kappa shape index (κ3) is 2.36. The van der Waals surface area contributed by atoms with Gasteiger partial charge in [0.05, 0.1) is 5.92 Å². The summed E-state index contributed by atoms with van der Waals surface area (Å²) in [4.78, 5) is 23.1. The van der Waals surface area contributed by atoms with Gasteiger partial charge in [-0.25, -0.2) is 0 Å². The zero-order chi connectivity index (χ0) is 11.5. The van der Waals surface area contributed by atoms with Crippen molar-refractivity contribution >= 4 is 11.8 Å². The van der Waals surface area contributed by atoms with E-state index >= 15 is 0 Å². The molecule has 2 atom stereocenters. The van der Waals surface area contributed by atoms with Crippen molar-refractivity contribution in [2.75, 3.05) is 0 Å². The first-order valence-electron chi connectivity index (χ1n) is 6.28. The first-order chi connectivity index (χ1) is 7.68. The van der Waals surface area contributed by atoms with E-state index in [1.54, 1.807) is 0 Å². The molecule has 0 bridgehead atoms. The molecule has 2 aliphatic rings. The van der Waals surface area contributed by atoms with Crippen LogP contribution in [0.25, 0.3) is 0 Å². The molecule has 0 aliphatic heterocycles. The number of nitrogens with one attached hydrogen (secondary N) is 1.